The molecule has 0 amide bonds. The number of carbonyl (C=O) groups excluding carboxylic acids is 1. The van der Waals surface area contributed by atoms with Gasteiger partial charge >= 0.3 is 5.97 Å². The predicted octanol–water partition coefficient (Wildman–Crippen LogP) is 7.32. The third kappa shape index (κ3) is 6.93. The van der Waals surface area contributed by atoms with E-state index < -0.39 is 11.6 Å². The van der Waals surface area contributed by atoms with Crippen LogP contribution >= 0.6 is 23.5 Å². The minimum Gasteiger partial charge on any atom is -0.489 e. The summed E-state index contributed by atoms with van der Waals surface area (Å²) in [5.41, 5.74) is 0.904. The molecule has 1 aliphatic rings. The van der Waals surface area contributed by atoms with E-state index in [-0.39, 0.29) is 12.0 Å². The monoisotopic (exact) mass is 531 g/mol. The highest BCUT2D eigenvalue weighted by molar-refractivity contribution is 7.99. The topological polar surface area (TPSA) is 59.0 Å². The molecule has 1 N–H and O–H groups in total. The fourth-order valence-electron chi connectivity index (χ4n) is 4.69. The number of aliphatic hydroxyl groups is 1. The second-order valence-electron chi connectivity index (χ2n) is 9.94. The summed E-state index contributed by atoms with van der Waals surface area (Å²) in [4.78, 5) is 16.6. The van der Waals surface area contributed by atoms with E-state index in [0.717, 1.165) is 17.2 Å². The van der Waals surface area contributed by atoms with Gasteiger partial charge in [-0.25, -0.2) is 4.79 Å². The first-order valence-electron chi connectivity index (χ1n) is 12.9. The summed E-state index contributed by atoms with van der Waals surface area (Å²) < 4.78 is 10.8. The van der Waals surface area contributed by atoms with Gasteiger partial charge in [-0.05, 0) is 55.7 Å². The highest BCUT2D eigenvalue weighted by Crippen LogP contribution is 2.50. The normalized spacial score (nSPS) is 16.6. The fourth-order valence-corrected chi connectivity index (χ4v) is 6.59. The molecule has 7 heteroatoms. The molecule has 0 aliphatic carbocycles. The van der Waals surface area contributed by atoms with E-state index in [1.165, 1.54) is 68.8 Å². The number of fused-ring (bicyclic) bond motifs is 1. The van der Waals surface area contributed by atoms with E-state index >= 15 is 0 Å². The lowest BCUT2D eigenvalue weighted by molar-refractivity contribution is -0.163. The van der Waals surface area contributed by atoms with Gasteiger partial charge in [0.25, 0.3) is 0 Å². The fraction of sp³-hybridized carbons (Fsp3) is 0.552. The second kappa shape index (κ2) is 13.1. The SMILES string of the molecule is CCCCC1(CCCC)CSc2cc(OCC(C)(O)C(=O)OC)c(SC)cc2N(c2ccccc2)C1. The number of nitrogens with zero attached hydrogens (tertiary/aromatic N) is 1. The molecule has 1 atom stereocenters. The van der Waals surface area contributed by atoms with Gasteiger partial charge in [0, 0.05) is 22.9 Å². The number of unbranched alkanes of at least 4 members (excludes halogenated alkanes) is 2. The van der Waals surface area contributed by atoms with Crippen molar-refractivity contribution in [2.24, 2.45) is 5.41 Å². The first-order chi connectivity index (χ1) is 17.3. The van der Waals surface area contributed by atoms with Crippen molar-refractivity contribution < 1.29 is 19.4 Å². The molecule has 5 nitrogen and oxygen atoms in total. The number of rotatable bonds is 12. The minimum absolute atomic E-state index is 0.171. The smallest absolute Gasteiger partial charge is 0.341 e. The number of anilines is 2. The van der Waals surface area contributed by atoms with Crippen molar-refractivity contribution in [3.8, 4) is 5.75 Å². The number of ether oxygens (including phenoxy) is 2. The summed E-state index contributed by atoms with van der Waals surface area (Å²) in [6, 6.07) is 15.0. The zero-order valence-corrected chi connectivity index (χ0v) is 24.0. The quantitative estimate of drug-likeness (QED) is 0.227. The van der Waals surface area contributed by atoms with E-state index in [0.29, 0.717) is 5.75 Å². The van der Waals surface area contributed by atoms with Gasteiger partial charge in [-0.15, -0.1) is 23.5 Å². The van der Waals surface area contributed by atoms with Crippen LogP contribution in [-0.4, -0.2) is 48.9 Å². The summed E-state index contributed by atoms with van der Waals surface area (Å²) in [7, 11) is 1.27. The average molecular weight is 532 g/mol. The van der Waals surface area contributed by atoms with Crippen LogP contribution in [0.3, 0.4) is 0 Å². The molecule has 2 aromatic carbocycles. The summed E-state index contributed by atoms with van der Waals surface area (Å²) in [6.07, 6.45) is 9.32. The minimum atomic E-state index is -1.71. The Hall–Kier alpha value is -1.83. The average Bonchev–Trinajstić information content (AvgIpc) is 3.06. The van der Waals surface area contributed by atoms with Gasteiger partial charge in [-0.3, -0.25) is 0 Å². The van der Waals surface area contributed by atoms with Crippen molar-refractivity contribution in [3.63, 3.8) is 0 Å². The molecule has 0 radical (unpaired) electrons. The Kier molecular flexibility index (Phi) is 10.5. The molecule has 0 fully saturated rings. The van der Waals surface area contributed by atoms with Crippen LogP contribution in [-0.2, 0) is 9.53 Å². The molecule has 2 aromatic rings. The molecule has 36 heavy (non-hydrogen) atoms. The highest BCUT2D eigenvalue weighted by Gasteiger charge is 2.37. The lowest BCUT2D eigenvalue weighted by atomic mass is 9.79. The van der Waals surface area contributed by atoms with E-state index in [4.69, 9.17) is 9.47 Å². The molecular weight excluding hydrogens is 490 g/mol. The Morgan fingerprint density at radius 1 is 1.17 bits per heavy atom. The molecule has 3 rings (SSSR count). The Morgan fingerprint density at radius 2 is 1.83 bits per heavy atom. The van der Waals surface area contributed by atoms with E-state index in [2.05, 4.69) is 61.2 Å². The van der Waals surface area contributed by atoms with E-state index in [1.54, 1.807) is 11.8 Å². The van der Waals surface area contributed by atoms with Crippen molar-refractivity contribution in [3.05, 3.63) is 42.5 Å². The van der Waals surface area contributed by atoms with E-state index in [1.807, 2.05) is 18.0 Å². The van der Waals surface area contributed by atoms with Crippen molar-refractivity contribution in [2.75, 3.05) is 37.2 Å². The molecule has 1 heterocycles. The Balaban J connectivity index is 2.04. The van der Waals surface area contributed by atoms with Crippen LogP contribution in [0.25, 0.3) is 0 Å². The number of hydrogen-bond donors (Lipinski definition) is 1. The Labute approximate surface area is 225 Å². The maximum Gasteiger partial charge on any atom is 0.341 e. The van der Waals surface area contributed by atoms with Crippen LogP contribution in [0.4, 0.5) is 11.4 Å². The third-order valence-electron chi connectivity index (χ3n) is 6.89. The van der Waals surface area contributed by atoms with Gasteiger partial charge in [-0.2, -0.15) is 0 Å². The van der Waals surface area contributed by atoms with Crippen molar-refractivity contribution in [1.29, 1.82) is 0 Å². The van der Waals surface area contributed by atoms with Crippen molar-refractivity contribution in [1.82, 2.24) is 0 Å². The summed E-state index contributed by atoms with van der Waals surface area (Å²) in [5, 5.41) is 10.5. The second-order valence-corrected chi connectivity index (χ2v) is 11.8. The molecule has 0 spiro atoms. The highest BCUT2D eigenvalue weighted by atomic mass is 32.2. The van der Waals surface area contributed by atoms with Gasteiger partial charge in [0.05, 0.1) is 17.7 Å². The first-order valence-corrected chi connectivity index (χ1v) is 15.1. The number of esters is 1. The van der Waals surface area contributed by atoms with Gasteiger partial charge in [0.2, 0.25) is 0 Å². The van der Waals surface area contributed by atoms with Crippen LogP contribution in [0.15, 0.2) is 52.3 Å². The number of thioether (sulfide) groups is 2. The summed E-state index contributed by atoms with van der Waals surface area (Å²) in [5.74, 6) is 1.03. The number of para-hydroxylation sites is 1. The van der Waals surface area contributed by atoms with Crippen LogP contribution in [0, 0.1) is 5.41 Å². The van der Waals surface area contributed by atoms with Crippen LogP contribution in [0.5, 0.6) is 5.75 Å². The number of methoxy groups -OCH3 is 1. The third-order valence-corrected chi connectivity index (χ3v) is 9.04. The predicted molar refractivity (Wildman–Crippen MR) is 152 cm³/mol. The number of carbonyl (C=O) groups is 1. The number of benzene rings is 2. The van der Waals surface area contributed by atoms with Gasteiger partial charge < -0.3 is 19.5 Å². The van der Waals surface area contributed by atoms with Gasteiger partial charge in [0.1, 0.15) is 12.4 Å². The molecule has 0 saturated carbocycles. The molecule has 1 aliphatic heterocycles. The van der Waals surface area contributed by atoms with Crippen molar-refractivity contribution >= 4 is 40.9 Å². The lowest BCUT2D eigenvalue weighted by Gasteiger charge is -2.37. The first kappa shape index (κ1) is 28.7. The molecule has 0 bridgehead atoms. The lowest BCUT2D eigenvalue weighted by Crippen LogP contribution is -2.42. The maximum atomic E-state index is 12.0. The maximum absolute atomic E-state index is 12.0. The van der Waals surface area contributed by atoms with Gasteiger partial charge in [0.15, 0.2) is 5.60 Å². The van der Waals surface area contributed by atoms with Crippen LogP contribution in [0.1, 0.15) is 59.3 Å². The molecule has 1 unspecified atom stereocenters. The summed E-state index contributed by atoms with van der Waals surface area (Å²) in [6.45, 7) is 6.79. The van der Waals surface area contributed by atoms with Crippen molar-refractivity contribution in [2.45, 2.75) is 74.7 Å². The zero-order chi connectivity index (χ0) is 26.2. The van der Waals surface area contributed by atoms with Gasteiger partial charge in [-0.1, -0.05) is 57.7 Å². The Morgan fingerprint density at radius 3 is 2.42 bits per heavy atom. The van der Waals surface area contributed by atoms with Crippen LogP contribution < -0.4 is 9.64 Å². The molecule has 0 aromatic heterocycles. The van der Waals surface area contributed by atoms with E-state index in [9.17, 15) is 9.90 Å². The number of hydrogen-bond acceptors (Lipinski definition) is 7. The molecule has 198 valence electrons. The largest absolute Gasteiger partial charge is 0.489 e. The van der Waals surface area contributed by atoms with Crippen LogP contribution in [0.2, 0.25) is 0 Å². The summed E-state index contributed by atoms with van der Waals surface area (Å²) >= 11 is 3.51. The molecular formula is C29H41NO4S2. The zero-order valence-electron chi connectivity index (χ0n) is 22.3. The standard InChI is InChI=1S/C29H41NO4S2/c1-6-8-15-29(16-9-7-2)19-30(22-13-11-10-12-14-22)23-17-26(35-5)24(18-25(23)36-21-29)34-20-28(3,32)27(31)33-4/h10-14,17-18,32H,6-9,15-16,19-21H2,1-5H3. The molecule has 0 saturated heterocycles. The Bertz CT molecular complexity index is 988.